The second-order valence-electron chi connectivity index (χ2n) is 5.44. The molecule has 1 aromatic heterocycles. The van der Waals surface area contributed by atoms with E-state index in [0.29, 0.717) is 17.1 Å². The Hall–Kier alpha value is -2.17. The molecule has 1 unspecified atom stereocenters. The first-order chi connectivity index (χ1) is 11.0. The molecule has 0 saturated heterocycles. The molecule has 3 nitrogen and oxygen atoms in total. The number of aliphatic hydroxyl groups excluding tert-OH is 1. The zero-order valence-corrected chi connectivity index (χ0v) is 13.3. The van der Waals surface area contributed by atoms with Crippen LogP contribution < -0.4 is 4.90 Å². The van der Waals surface area contributed by atoms with Crippen LogP contribution >= 0.6 is 11.6 Å². The van der Waals surface area contributed by atoms with Gasteiger partial charge in [0.25, 0.3) is 0 Å². The molecule has 1 heterocycles. The molecule has 0 amide bonds. The minimum Gasteiger partial charge on any atom is -0.387 e. The molecule has 1 atom stereocenters. The molecule has 0 fully saturated rings. The van der Waals surface area contributed by atoms with E-state index in [2.05, 4.69) is 4.98 Å². The predicted octanol–water partition coefficient (Wildman–Crippen LogP) is 4.20. The lowest BCUT2D eigenvalue weighted by Crippen LogP contribution is -2.24. The summed E-state index contributed by atoms with van der Waals surface area (Å²) in [5, 5.41) is 12.0. The van der Waals surface area contributed by atoms with Gasteiger partial charge in [0.05, 0.1) is 11.6 Å². The Kier molecular flexibility index (Phi) is 4.46. The summed E-state index contributed by atoms with van der Waals surface area (Å²) in [6, 6.07) is 13.3. The molecule has 3 aromatic rings. The Morgan fingerprint density at radius 1 is 1.17 bits per heavy atom. The Bertz CT molecular complexity index is 823. The zero-order chi connectivity index (χ0) is 16.4. The number of anilines is 1. The van der Waals surface area contributed by atoms with Crippen molar-refractivity contribution in [1.29, 1.82) is 0 Å². The molecule has 0 spiro atoms. The highest BCUT2D eigenvalue weighted by atomic mass is 35.5. The summed E-state index contributed by atoms with van der Waals surface area (Å²) in [7, 11) is 1.90. The predicted molar refractivity (Wildman–Crippen MR) is 91.4 cm³/mol. The van der Waals surface area contributed by atoms with Crippen molar-refractivity contribution in [3.05, 3.63) is 71.1 Å². The molecular weight excluding hydrogens is 315 g/mol. The highest BCUT2D eigenvalue weighted by molar-refractivity contribution is 6.31. The van der Waals surface area contributed by atoms with Crippen LogP contribution in [0.3, 0.4) is 0 Å². The molecule has 2 aromatic carbocycles. The van der Waals surface area contributed by atoms with Gasteiger partial charge in [-0.25, -0.2) is 4.39 Å². The Balaban J connectivity index is 1.85. The smallest absolute Gasteiger partial charge is 0.123 e. The molecule has 0 radical (unpaired) electrons. The van der Waals surface area contributed by atoms with Crippen molar-refractivity contribution in [2.75, 3.05) is 18.5 Å². The zero-order valence-electron chi connectivity index (χ0n) is 12.6. The fourth-order valence-corrected chi connectivity index (χ4v) is 2.75. The van der Waals surface area contributed by atoms with Crippen LogP contribution in [-0.4, -0.2) is 23.7 Å². The SMILES string of the molecule is CN(CC(O)c1ccc(F)cc1)c1ccnc2cc(Cl)ccc12. The van der Waals surface area contributed by atoms with Gasteiger partial charge in [0, 0.05) is 35.9 Å². The quantitative estimate of drug-likeness (QED) is 0.779. The first kappa shape index (κ1) is 15.7. The van der Waals surface area contributed by atoms with Crippen LogP contribution in [0.15, 0.2) is 54.7 Å². The van der Waals surface area contributed by atoms with Gasteiger partial charge in [-0.15, -0.1) is 0 Å². The summed E-state index contributed by atoms with van der Waals surface area (Å²) in [6.45, 7) is 0.382. The second-order valence-corrected chi connectivity index (χ2v) is 5.88. The first-order valence-corrected chi connectivity index (χ1v) is 7.61. The number of likely N-dealkylation sites (N-methyl/N-ethyl adjacent to an activating group) is 1. The summed E-state index contributed by atoms with van der Waals surface area (Å²) >= 11 is 6.00. The van der Waals surface area contributed by atoms with Crippen LogP contribution in [0.25, 0.3) is 10.9 Å². The van der Waals surface area contributed by atoms with E-state index in [9.17, 15) is 9.50 Å². The normalized spacial score (nSPS) is 12.3. The largest absolute Gasteiger partial charge is 0.387 e. The lowest BCUT2D eigenvalue weighted by atomic mass is 10.1. The average Bonchev–Trinajstić information content (AvgIpc) is 2.54. The Morgan fingerprint density at radius 3 is 2.65 bits per heavy atom. The number of rotatable bonds is 4. The molecule has 0 bridgehead atoms. The van der Waals surface area contributed by atoms with Gasteiger partial charge >= 0.3 is 0 Å². The molecule has 0 aliphatic rings. The van der Waals surface area contributed by atoms with Gasteiger partial charge in [-0.1, -0.05) is 23.7 Å². The van der Waals surface area contributed by atoms with Crippen LogP contribution in [0.4, 0.5) is 10.1 Å². The van der Waals surface area contributed by atoms with Gasteiger partial charge in [0.2, 0.25) is 0 Å². The third-order valence-electron chi connectivity index (χ3n) is 3.79. The van der Waals surface area contributed by atoms with Gasteiger partial charge in [0.1, 0.15) is 5.82 Å². The summed E-state index contributed by atoms with van der Waals surface area (Å²) in [4.78, 5) is 6.27. The standard InChI is InChI=1S/C18H16ClFN2O/c1-22(11-18(23)12-2-5-14(20)6-3-12)17-8-9-21-16-10-13(19)4-7-15(16)17/h2-10,18,23H,11H2,1H3. The maximum atomic E-state index is 13.0. The molecule has 3 rings (SSSR count). The second kappa shape index (κ2) is 6.52. The molecule has 0 saturated carbocycles. The van der Waals surface area contributed by atoms with E-state index in [1.165, 1.54) is 12.1 Å². The minimum atomic E-state index is -0.712. The summed E-state index contributed by atoms with van der Waals surface area (Å²) in [5.41, 5.74) is 2.44. The molecular formula is C18H16ClFN2O. The summed E-state index contributed by atoms with van der Waals surface area (Å²) in [6.07, 6.45) is 1.01. The maximum absolute atomic E-state index is 13.0. The number of benzene rings is 2. The van der Waals surface area contributed by atoms with Crippen molar-refractivity contribution in [1.82, 2.24) is 4.98 Å². The number of pyridine rings is 1. The van der Waals surface area contributed by atoms with Gasteiger partial charge in [-0.05, 0) is 42.0 Å². The fraction of sp³-hybridized carbons (Fsp3) is 0.167. The van der Waals surface area contributed by atoms with Crippen LogP contribution in [0.2, 0.25) is 5.02 Å². The van der Waals surface area contributed by atoms with Gasteiger partial charge in [-0.2, -0.15) is 0 Å². The molecule has 5 heteroatoms. The van der Waals surface area contributed by atoms with Crippen LogP contribution in [0.1, 0.15) is 11.7 Å². The number of halogens is 2. The Morgan fingerprint density at radius 2 is 1.91 bits per heavy atom. The minimum absolute atomic E-state index is 0.314. The van der Waals surface area contributed by atoms with E-state index in [-0.39, 0.29) is 5.82 Å². The lowest BCUT2D eigenvalue weighted by molar-refractivity contribution is 0.185. The highest BCUT2D eigenvalue weighted by Gasteiger charge is 2.13. The van der Waals surface area contributed by atoms with Crippen LogP contribution in [-0.2, 0) is 0 Å². The number of fused-ring (bicyclic) bond motifs is 1. The topological polar surface area (TPSA) is 36.4 Å². The van der Waals surface area contributed by atoms with E-state index in [1.54, 1.807) is 18.3 Å². The van der Waals surface area contributed by atoms with Crippen molar-refractivity contribution in [3.8, 4) is 0 Å². The number of nitrogens with zero attached hydrogens (tertiary/aromatic N) is 2. The number of aliphatic hydroxyl groups is 1. The summed E-state index contributed by atoms with van der Waals surface area (Å²) in [5.74, 6) is -0.314. The number of hydrogen-bond donors (Lipinski definition) is 1. The lowest BCUT2D eigenvalue weighted by Gasteiger charge is -2.24. The van der Waals surface area contributed by atoms with Crippen molar-refractivity contribution < 1.29 is 9.50 Å². The first-order valence-electron chi connectivity index (χ1n) is 7.23. The van der Waals surface area contributed by atoms with Gasteiger partial charge in [0.15, 0.2) is 0 Å². The molecule has 1 N–H and O–H groups in total. The molecule has 0 aliphatic carbocycles. The monoisotopic (exact) mass is 330 g/mol. The van der Waals surface area contributed by atoms with E-state index < -0.39 is 6.10 Å². The Labute approximate surface area is 139 Å². The van der Waals surface area contributed by atoms with E-state index in [4.69, 9.17) is 11.6 Å². The maximum Gasteiger partial charge on any atom is 0.123 e. The van der Waals surface area contributed by atoms with E-state index in [1.807, 2.05) is 36.2 Å². The van der Waals surface area contributed by atoms with Gasteiger partial charge in [-0.3, -0.25) is 4.98 Å². The van der Waals surface area contributed by atoms with E-state index >= 15 is 0 Å². The van der Waals surface area contributed by atoms with Crippen molar-refractivity contribution in [3.63, 3.8) is 0 Å². The average molecular weight is 331 g/mol. The third-order valence-corrected chi connectivity index (χ3v) is 4.03. The molecule has 0 aliphatic heterocycles. The fourth-order valence-electron chi connectivity index (χ4n) is 2.59. The summed E-state index contributed by atoms with van der Waals surface area (Å²) < 4.78 is 13.0. The van der Waals surface area contributed by atoms with Crippen LogP contribution in [0, 0.1) is 5.82 Å². The van der Waals surface area contributed by atoms with E-state index in [0.717, 1.165) is 16.6 Å². The number of hydrogen-bond acceptors (Lipinski definition) is 3. The highest BCUT2D eigenvalue weighted by Crippen LogP contribution is 2.28. The van der Waals surface area contributed by atoms with Crippen molar-refractivity contribution >= 4 is 28.2 Å². The van der Waals surface area contributed by atoms with Crippen molar-refractivity contribution in [2.45, 2.75) is 6.10 Å². The van der Waals surface area contributed by atoms with Crippen molar-refractivity contribution in [2.24, 2.45) is 0 Å². The molecule has 118 valence electrons. The van der Waals surface area contributed by atoms with Crippen LogP contribution in [0.5, 0.6) is 0 Å². The number of aromatic nitrogens is 1. The third kappa shape index (κ3) is 3.44. The molecule has 23 heavy (non-hydrogen) atoms. The van der Waals surface area contributed by atoms with Gasteiger partial charge < -0.3 is 10.0 Å².